The van der Waals surface area contributed by atoms with Crippen molar-refractivity contribution < 1.29 is 9.53 Å². The second-order valence-corrected chi connectivity index (χ2v) is 4.65. The minimum absolute atomic E-state index is 0.114. The molecule has 1 saturated heterocycles. The smallest absolute Gasteiger partial charge is 0.235 e. The first-order valence-electron chi connectivity index (χ1n) is 5.16. The Bertz CT molecular complexity index is 208. The van der Waals surface area contributed by atoms with Crippen molar-refractivity contribution in [3.8, 4) is 0 Å². The minimum atomic E-state index is -0.215. The van der Waals surface area contributed by atoms with Crippen molar-refractivity contribution in [3.63, 3.8) is 0 Å². The van der Waals surface area contributed by atoms with Gasteiger partial charge >= 0.3 is 0 Å². The van der Waals surface area contributed by atoms with Crippen LogP contribution in [0.3, 0.4) is 0 Å². The molecule has 1 amide bonds. The topological polar surface area (TPSA) is 29.5 Å². The van der Waals surface area contributed by atoms with Gasteiger partial charge in [-0.15, -0.1) is 0 Å². The molecule has 0 radical (unpaired) electrons. The largest absolute Gasteiger partial charge is 0.374 e. The molecular formula is C10H19NO2S. The number of thiol groups is 1. The third-order valence-corrected chi connectivity index (χ3v) is 2.82. The zero-order valence-electron chi connectivity index (χ0n) is 9.06. The van der Waals surface area contributed by atoms with Gasteiger partial charge in [0.15, 0.2) is 0 Å². The van der Waals surface area contributed by atoms with Crippen LogP contribution in [0.15, 0.2) is 0 Å². The minimum Gasteiger partial charge on any atom is -0.374 e. The molecule has 1 fully saturated rings. The summed E-state index contributed by atoms with van der Waals surface area (Å²) < 4.78 is 5.58. The SMILES string of the molecule is CCC1CN(C(=O)C(C)S)C(C)CO1. The normalized spacial score (nSPS) is 30.1. The number of ether oxygens (including phenoxy) is 1. The summed E-state index contributed by atoms with van der Waals surface area (Å²) in [5.74, 6) is 0.114. The van der Waals surface area contributed by atoms with E-state index in [0.29, 0.717) is 13.2 Å². The molecule has 0 aromatic rings. The molecular weight excluding hydrogens is 198 g/mol. The lowest BCUT2D eigenvalue weighted by molar-refractivity contribution is -0.143. The van der Waals surface area contributed by atoms with E-state index in [9.17, 15) is 4.79 Å². The fourth-order valence-corrected chi connectivity index (χ4v) is 1.76. The third kappa shape index (κ3) is 2.64. The second kappa shape index (κ2) is 5.03. The molecule has 82 valence electrons. The summed E-state index contributed by atoms with van der Waals surface area (Å²) in [5, 5.41) is -0.215. The summed E-state index contributed by atoms with van der Waals surface area (Å²) >= 11 is 4.17. The van der Waals surface area contributed by atoms with Gasteiger partial charge in [0, 0.05) is 6.54 Å². The van der Waals surface area contributed by atoms with E-state index in [0.717, 1.165) is 6.42 Å². The summed E-state index contributed by atoms with van der Waals surface area (Å²) in [4.78, 5) is 13.6. The number of rotatable bonds is 2. The van der Waals surface area contributed by atoms with Crippen LogP contribution < -0.4 is 0 Å². The average molecular weight is 217 g/mol. The van der Waals surface area contributed by atoms with Crippen molar-refractivity contribution in [2.45, 2.75) is 44.6 Å². The van der Waals surface area contributed by atoms with Gasteiger partial charge in [-0.2, -0.15) is 12.6 Å². The predicted molar refractivity (Wildman–Crippen MR) is 59.7 cm³/mol. The number of hydrogen-bond donors (Lipinski definition) is 1. The van der Waals surface area contributed by atoms with Crippen LogP contribution in [0.4, 0.5) is 0 Å². The van der Waals surface area contributed by atoms with Gasteiger partial charge in [0.1, 0.15) is 0 Å². The maximum atomic E-state index is 11.8. The van der Waals surface area contributed by atoms with Crippen LogP contribution in [-0.4, -0.2) is 41.4 Å². The van der Waals surface area contributed by atoms with E-state index in [1.807, 2.05) is 18.7 Å². The lowest BCUT2D eigenvalue weighted by Gasteiger charge is -2.38. The molecule has 0 spiro atoms. The third-order valence-electron chi connectivity index (χ3n) is 2.60. The maximum absolute atomic E-state index is 11.8. The van der Waals surface area contributed by atoms with Gasteiger partial charge < -0.3 is 9.64 Å². The quantitative estimate of drug-likeness (QED) is 0.707. The molecule has 1 aliphatic rings. The Kier molecular flexibility index (Phi) is 4.26. The van der Waals surface area contributed by atoms with Crippen molar-refractivity contribution in [3.05, 3.63) is 0 Å². The van der Waals surface area contributed by atoms with Crippen molar-refractivity contribution in [2.24, 2.45) is 0 Å². The summed E-state index contributed by atoms with van der Waals surface area (Å²) in [6.45, 7) is 7.26. The van der Waals surface area contributed by atoms with Crippen LogP contribution in [0.2, 0.25) is 0 Å². The van der Waals surface area contributed by atoms with E-state index in [-0.39, 0.29) is 23.3 Å². The summed E-state index contributed by atoms with van der Waals surface area (Å²) in [7, 11) is 0. The van der Waals surface area contributed by atoms with Gasteiger partial charge in [-0.3, -0.25) is 4.79 Å². The zero-order chi connectivity index (χ0) is 10.7. The monoisotopic (exact) mass is 217 g/mol. The fourth-order valence-electron chi connectivity index (χ4n) is 1.61. The fraction of sp³-hybridized carbons (Fsp3) is 0.900. The Morgan fingerprint density at radius 1 is 1.71 bits per heavy atom. The first kappa shape index (κ1) is 11.9. The van der Waals surface area contributed by atoms with E-state index in [1.165, 1.54) is 0 Å². The first-order chi connectivity index (χ1) is 6.56. The van der Waals surface area contributed by atoms with Crippen LogP contribution >= 0.6 is 12.6 Å². The number of nitrogens with zero attached hydrogens (tertiary/aromatic N) is 1. The molecule has 0 aromatic carbocycles. The van der Waals surface area contributed by atoms with E-state index in [4.69, 9.17) is 4.74 Å². The van der Waals surface area contributed by atoms with Gasteiger partial charge in [-0.25, -0.2) is 0 Å². The molecule has 3 nitrogen and oxygen atoms in total. The molecule has 0 saturated carbocycles. The average Bonchev–Trinajstić information content (AvgIpc) is 2.17. The number of amides is 1. The molecule has 1 heterocycles. The standard InChI is InChI=1S/C10H19NO2S/c1-4-9-5-11(7(2)6-13-9)10(12)8(3)14/h7-9,14H,4-6H2,1-3H3. The van der Waals surface area contributed by atoms with Crippen molar-refractivity contribution in [1.29, 1.82) is 0 Å². The Morgan fingerprint density at radius 3 is 2.86 bits per heavy atom. The molecule has 3 unspecified atom stereocenters. The van der Waals surface area contributed by atoms with Gasteiger partial charge in [0.05, 0.1) is 24.0 Å². The van der Waals surface area contributed by atoms with Crippen molar-refractivity contribution in [1.82, 2.24) is 4.90 Å². The van der Waals surface area contributed by atoms with Gasteiger partial charge in [0.2, 0.25) is 5.91 Å². The molecule has 0 bridgehead atoms. The zero-order valence-corrected chi connectivity index (χ0v) is 9.96. The maximum Gasteiger partial charge on any atom is 0.235 e. The summed E-state index contributed by atoms with van der Waals surface area (Å²) in [6.07, 6.45) is 1.15. The highest BCUT2D eigenvalue weighted by Crippen LogP contribution is 2.16. The van der Waals surface area contributed by atoms with Gasteiger partial charge in [-0.1, -0.05) is 6.92 Å². The van der Waals surface area contributed by atoms with Gasteiger partial charge in [-0.05, 0) is 20.3 Å². The molecule has 1 rings (SSSR count). The highest BCUT2D eigenvalue weighted by atomic mass is 32.1. The van der Waals surface area contributed by atoms with E-state index in [2.05, 4.69) is 19.6 Å². The van der Waals surface area contributed by atoms with Crippen LogP contribution in [0.5, 0.6) is 0 Å². The molecule has 1 aliphatic heterocycles. The lowest BCUT2D eigenvalue weighted by atomic mass is 10.1. The predicted octanol–water partition coefficient (Wildman–Crippen LogP) is 1.33. The van der Waals surface area contributed by atoms with Crippen molar-refractivity contribution >= 4 is 18.5 Å². The van der Waals surface area contributed by atoms with Gasteiger partial charge in [0.25, 0.3) is 0 Å². The van der Waals surface area contributed by atoms with Crippen LogP contribution in [0.1, 0.15) is 27.2 Å². The Balaban J connectivity index is 2.60. The van der Waals surface area contributed by atoms with Crippen LogP contribution in [0.25, 0.3) is 0 Å². The molecule has 3 atom stereocenters. The molecule has 0 aromatic heterocycles. The Morgan fingerprint density at radius 2 is 2.36 bits per heavy atom. The number of carbonyl (C=O) groups is 1. The molecule has 14 heavy (non-hydrogen) atoms. The van der Waals surface area contributed by atoms with E-state index >= 15 is 0 Å². The van der Waals surface area contributed by atoms with Crippen LogP contribution in [-0.2, 0) is 9.53 Å². The highest BCUT2D eigenvalue weighted by Gasteiger charge is 2.29. The second-order valence-electron chi connectivity index (χ2n) is 3.88. The molecule has 4 heteroatoms. The molecule has 0 N–H and O–H groups in total. The van der Waals surface area contributed by atoms with Crippen molar-refractivity contribution in [2.75, 3.05) is 13.2 Å². The number of carbonyl (C=O) groups excluding carboxylic acids is 1. The Hall–Kier alpha value is -0.220. The highest BCUT2D eigenvalue weighted by molar-refractivity contribution is 7.81. The lowest BCUT2D eigenvalue weighted by Crippen LogP contribution is -2.52. The summed E-state index contributed by atoms with van der Waals surface area (Å²) in [6, 6.07) is 0.180. The molecule has 0 aliphatic carbocycles. The summed E-state index contributed by atoms with van der Waals surface area (Å²) in [5.41, 5.74) is 0. The van der Waals surface area contributed by atoms with E-state index < -0.39 is 0 Å². The van der Waals surface area contributed by atoms with Crippen LogP contribution in [0, 0.1) is 0 Å². The van der Waals surface area contributed by atoms with E-state index in [1.54, 1.807) is 0 Å². The number of hydrogen-bond acceptors (Lipinski definition) is 3. The first-order valence-corrected chi connectivity index (χ1v) is 5.68. The Labute approximate surface area is 91.2 Å². The number of morpholine rings is 1.